The lowest BCUT2D eigenvalue weighted by atomic mass is 10.4. The first-order chi connectivity index (χ1) is 8.84. The van der Waals surface area contributed by atoms with Crippen molar-refractivity contribution in [3.63, 3.8) is 0 Å². The van der Waals surface area contributed by atoms with Gasteiger partial charge < -0.3 is 0 Å². The minimum atomic E-state index is -3.65. The molecule has 0 unspecified atom stereocenters. The van der Waals surface area contributed by atoms with Gasteiger partial charge in [0.25, 0.3) is 10.0 Å². The Bertz CT molecular complexity index is 687. The molecule has 0 bridgehead atoms. The van der Waals surface area contributed by atoms with Gasteiger partial charge in [-0.25, -0.2) is 13.4 Å². The number of aryl methyl sites for hydroxylation is 3. The normalized spacial score (nSPS) is 11.6. The number of aromatic nitrogens is 3. The van der Waals surface area contributed by atoms with Gasteiger partial charge in [-0.15, -0.1) is 0 Å². The molecule has 0 saturated carbocycles. The SMILES string of the molecule is Cc1cccc(N(C)S(=O)(=O)c2c(C)n[nH]c2C)n1. The lowest BCUT2D eigenvalue weighted by Crippen LogP contribution is -2.28. The summed E-state index contributed by atoms with van der Waals surface area (Å²) >= 11 is 0. The number of pyridine rings is 1. The number of rotatable bonds is 3. The van der Waals surface area contributed by atoms with Gasteiger partial charge in [-0.1, -0.05) is 6.07 Å². The highest BCUT2D eigenvalue weighted by Gasteiger charge is 2.27. The van der Waals surface area contributed by atoms with Gasteiger partial charge >= 0.3 is 0 Å². The van der Waals surface area contributed by atoms with Crippen LogP contribution in [0.25, 0.3) is 0 Å². The van der Waals surface area contributed by atoms with Crippen LogP contribution in [0, 0.1) is 20.8 Å². The zero-order valence-corrected chi connectivity index (χ0v) is 12.1. The van der Waals surface area contributed by atoms with Gasteiger partial charge in [0.05, 0.1) is 11.4 Å². The molecule has 0 atom stereocenters. The summed E-state index contributed by atoms with van der Waals surface area (Å²) in [5.41, 5.74) is 1.74. The minimum absolute atomic E-state index is 0.207. The lowest BCUT2D eigenvalue weighted by Gasteiger charge is -2.18. The first kappa shape index (κ1) is 13.5. The van der Waals surface area contributed by atoms with Crippen molar-refractivity contribution < 1.29 is 8.42 Å². The van der Waals surface area contributed by atoms with Crippen molar-refractivity contribution in [2.45, 2.75) is 25.7 Å². The van der Waals surface area contributed by atoms with Crippen LogP contribution >= 0.6 is 0 Å². The first-order valence-corrected chi connectivity index (χ1v) is 7.22. The second-order valence-corrected chi connectivity index (χ2v) is 6.28. The van der Waals surface area contributed by atoms with E-state index in [1.165, 1.54) is 11.4 Å². The fraction of sp³-hybridized carbons (Fsp3) is 0.333. The van der Waals surface area contributed by atoms with E-state index >= 15 is 0 Å². The van der Waals surface area contributed by atoms with Crippen molar-refractivity contribution >= 4 is 15.8 Å². The van der Waals surface area contributed by atoms with Crippen LogP contribution in [-0.4, -0.2) is 30.6 Å². The van der Waals surface area contributed by atoms with E-state index in [0.29, 0.717) is 17.2 Å². The van der Waals surface area contributed by atoms with Gasteiger partial charge in [-0.3, -0.25) is 9.40 Å². The summed E-state index contributed by atoms with van der Waals surface area (Å²) < 4.78 is 26.3. The standard InChI is InChI=1S/C12H16N4O2S/c1-8-6-5-7-11(13-8)16(4)19(17,18)12-9(2)14-15-10(12)3/h5-7H,1-4H3,(H,14,15). The number of hydrogen-bond acceptors (Lipinski definition) is 4. The molecule has 0 aliphatic heterocycles. The van der Waals surface area contributed by atoms with Gasteiger partial charge in [0, 0.05) is 12.7 Å². The molecule has 0 aliphatic carbocycles. The highest BCUT2D eigenvalue weighted by Crippen LogP contribution is 2.24. The Morgan fingerprint density at radius 3 is 2.42 bits per heavy atom. The van der Waals surface area contributed by atoms with Crippen LogP contribution in [0.4, 0.5) is 5.82 Å². The molecule has 102 valence electrons. The summed E-state index contributed by atoms with van der Waals surface area (Å²) in [5.74, 6) is 0.389. The van der Waals surface area contributed by atoms with E-state index in [4.69, 9.17) is 0 Å². The van der Waals surface area contributed by atoms with Crippen molar-refractivity contribution in [3.8, 4) is 0 Å². The summed E-state index contributed by atoms with van der Waals surface area (Å²) in [4.78, 5) is 4.43. The van der Waals surface area contributed by atoms with Crippen molar-refractivity contribution in [3.05, 3.63) is 35.3 Å². The van der Waals surface area contributed by atoms with E-state index in [2.05, 4.69) is 15.2 Å². The van der Waals surface area contributed by atoms with Crippen molar-refractivity contribution in [2.24, 2.45) is 0 Å². The molecule has 0 spiro atoms. The first-order valence-electron chi connectivity index (χ1n) is 5.78. The number of aromatic amines is 1. The molecule has 0 amide bonds. The monoisotopic (exact) mass is 280 g/mol. The van der Waals surface area contributed by atoms with Crippen LogP contribution in [-0.2, 0) is 10.0 Å². The summed E-state index contributed by atoms with van der Waals surface area (Å²) in [6.07, 6.45) is 0. The van der Waals surface area contributed by atoms with E-state index in [1.54, 1.807) is 26.0 Å². The number of nitrogens with zero attached hydrogens (tertiary/aromatic N) is 3. The van der Waals surface area contributed by atoms with Crippen LogP contribution < -0.4 is 4.31 Å². The highest BCUT2D eigenvalue weighted by molar-refractivity contribution is 7.92. The highest BCUT2D eigenvalue weighted by atomic mass is 32.2. The maximum atomic E-state index is 12.6. The number of sulfonamides is 1. The summed E-state index contributed by atoms with van der Waals surface area (Å²) in [5, 5.41) is 6.61. The fourth-order valence-corrected chi connectivity index (χ4v) is 3.36. The van der Waals surface area contributed by atoms with Crippen LogP contribution in [0.15, 0.2) is 23.1 Å². The maximum absolute atomic E-state index is 12.6. The lowest BCUT2D eigenvalue weighted by molar-refractivity contribution is 0.593. The van der Waals surface area contributed by atoms with E-state index < -0.39 is 10.0 Å². The Morgan fingerprint density at radius 2 is 1.89 bits per heavy atom. The third kappa shape index (κ3) is 2.33. The zero-order valence-electron chi connectivity index (χ0n) is 11.3. The van der Waals surface area contributed by atoms with Crippen LogP contribution in [0.5, 0.6) is 0 Å². The number of anilines is 1. The molecule has 19 heavy (non-hydrogen) atoms. The fourth-order valence-electron chi connectivity index (χ4n) is 1.88. The molecule has 0 aliphatic rings. The molecular weight excluding hydrogens is 264 g/mol. The molecule has 2 aromatic rings. The Morgan fingerprint density at radius 1 is 1.21 bits per heavy atom. The Balaban J connectivity index is 2.52. The quantitative estimate of drug-likeness (QED) is 0.925. The van der Waals surface area contributed by atoms with Crippen molar-refractivity contribution in [2.75, 3.05) is 11.4 Å². The molecule has 7 heteroatoms. The van der Waals surface area contributed by atoms with Crippen molar-refractivity contribution in [1.82, 2.24) is 15.2 Å². The summed E-state index contributed by atoms with van der Waals surface area (Å²) in [6.45, 7) is 5.16. The molecule has 0 aromatic carbocycles. The van der Waals surface area contributed by atoms with Gasteiger partial charge in [0.2, 0.25) is 0 Å². The second-order valence-electron chi connectivity index (χ2n) is 4.37. The Hall–Kier alpha value is -1.89. The molecule has 2 heterocycles. The number of nitrogens with one attached hydrogen (secondary N) is 1. The van der Waals surface area contributed by atoms with E-state index in [-0.39, 0.29) is 4.90 Å². The maximum Gasteiger partial charge on any atom is 0.268 e. The molecule has 1 N–H and O–H groups in total. The average molecular weight is 280 g/mol. The smallest absolute Gasteiger partial charge is 0.268 e. The van der Waals surface area contributed by atoms with Gasteiger partial charge in [0.1, 0.15) is 10.7 Å². The third-order valence-electron chi connectivity index (χ3n) is 2.88. The molecule has 0 radical (unpaired) electrons. The summed E-state index contributed by atoms with van der Waals surface area (Å²) in [6, 6.07) is 5.26. The van der Waals surface area contributed by atoms with Crippen LogP contribution in [0.3, 0.4) is 0 Å². The molecule has 6 nitrogen and oxygen atoms in total. The molecule has 2 rings (SSSR count). The van der Waals surface area contributed by atoms with Gasteiger partial charge in [-0.05, 0) is 32.9 Å². The Kier molecular flexibility index (Phi) is 3.32. The molecule has 0 saturated heterocycles. The number of H-pyrrole nitrogens is 1. The third-order valence-corrected chi connectivity index (χ3v) is 4.90. The van der Waals surface area contributed by atoms with Crippen molar-refractivity contribution in [1.29, 1.82) is 0 Å². The predicted octanol–water partition coefficient (Wildman–Crippen LogP) is 1.56. The second kappa shape index (κ2) is 4.65. The number of hydrogen-bond donors (Lipinski definition) is 1. The zero-order chi connectivity index (χ0) is 14.2. The largest absolute Gasteiger partial charge is 0.281 e. The van der Waals surface area contributed by atoms with Crippen LogP contribution in [0.2, 0.25) is 0 Å². The predicted molar refractivity (Wildman–Crippen MR) is 72.6 cm³/mol. The van der Waals surface area contributed by atoms with E-state index in [1.807, 2.05) is 13.0 Å². The molecule has 0 fully saturated rings. The topological polar surface area (TPSA) is 79.0 Å². The van der Waals surface area contributed by atoms with Crippen LogP contribution in [0.1, 0.15) is 17.1 Å². The summed E-state index contributed by atoms with van der Waals surface area (Å²) in [7, 11) is -2.16. The minimum Gasteiger partial charge on any atom is -0.281 e. The van der Waals surface area contributed by atoms with E-state index in [9.17, 15) is 8.42 Å². The average Bonchev–Trinajstić information content (AvgIpc) is 2.68. The van der Waals surface area contributed by atoms with E-state index in [0.717, 1.165) is 5.69 Å². The van der Waals surface area contributed by atoms with Gasteiger partial charge in [-0.2, -0.15) is 5.10 Å². The Labute approximate surface area is 112 Å². The molecule has 2 aromatic heterocycles. The molecular formula is C12H16N4O2S. The van der Waals surface area contributed by atoms with Gasteiger partial charge in [0.15, 0.2) is 0 Å².